The molecule has 92 heavy (non-hydrogen) atoms. The Hall–Kier alpha value is -4.11. The number of phosphoric ester groups is 1. The first-order valence-corrected chi connectivity index (χ1v) is 39.1. The van der Waals surface area contributed by atoms with Gasteiger partial charge >= 0.3 is 5.97 Å². The monoisotopic (exact) mass is 1300 g/mol. The summed E-state index contributed by atoms with van der Waals surface area (Å²) in [6, 6.07) is -0.905. The van der Waals surface area contributed by atoms with Crippen LogP contribution >= 0.6 is 7.82 Å². The van der Waals surface area contributed by atoms with Crippen LogP contribution in [0.5, 0.6) is 0 Å². The molecule has 0 rings (SSSR count). The molecule has 0 aliphatic carbocycles. The SMILES string of the molecule is CC/C=C\C/C=C\C/C=C\C/C=C\C/C=C\C/C=C\CCCCCCCCCCC(=O)OC(/C=C/CCCCCCCCCCCC)C(COP(=O)([O-])OCC[N+](C)(C)C)NC(=O)CCCCCCCCCCCCC/C=C\C/C=C\C/C=C\C/C=C\C/C=C\CC. The normalized spacial score (nSPS) is 14.3. The first kappa shape index (κ1) is 87.9. The fourth-order valence-corrected chi connectivity index (χ4v) is 11.0. The molecule has 3 unspecified atom stereocenters. The Labute approximate surface area is 568 Å². The number of carbonyl (C=O) groups excluding carboxylic acids is 2. The molecule has 0 bridgehead atoms. The van der Waals surface area contributed by atoms with E-state index in [1.165, 1.54) is 122 Å². The summed E-state index contributed by atoms with van der Waals surface area (Å²) in [6.45, 7) is 6.62. The van der Waals surface area contributed by atoms with E-state index in [0.717, 1.165) is 148 Å². The Morgan fingerprint density at radius 3 is 1.04 bits per heavy atom. The molecular weight excluding hydrogens is 1160 g/mol. The Kier molecular flexibility index (Phi) is 66.6. The average molecular weight is 1300 g/mol. The molecule has 0 saturated heterocycles. The zero-order chi connectivity index (χ0) is 67.0. The molecule has 1 amide bonds. The molecule has 1 N–H and O–H groups in total. The molecule has 0 aliphatic rings. The third-order valence-corrected chi connectivity index (χ3v) is 17.0. The molecule has 0 aromatic carbocycles. The van der Waals surface area contributed by atoms with Crippen LogP contribution in [0.1, 0.15) is 310 Å². The van der Waals surface area contributed by atoms with Crippen LogP contribution in [-0.4, -0.2) is 69.4 Å². The number of hydrogen-bond donors (Lipinski definition) is 1. The number of phosphoric acid groups is 1. The van der Waals surface area contributed by atoms with Gasteiger partial charge in [-0.25, -0.2) is 0 Å². The van der Waals surface area contributed by atoms with E-state index in [-0.39, 0.29) is 24.9 Å². The molecule has 0 saturated carbocycles. The fourth-order valence-electron chi connectivity index (χ4n) is 10.3. The molecule has 0 aliphatic heterocycles. The minimum atomic E-state index is -4.72. The van der Waals surface area contributed by atoms with Crippen molar-refractivity contribution in [1.29, 1.82) is 0 Å². The predicted octanol–water partition coefficient (Wildman–Crippen LogP) is 23.9. The number of nitrogens with one attached hydrogen (secondary N) is 1. The van der Waals surface area contributed by atoms with Crippen LogP contribution in [0.25, 0.3) is 0 Å². The van der Waals surface area contributed by atoms with Crippen molar-refractivity contribution < 1.29 is 37.3 Å². The van der Waals surface area contributed by atoms with Crippen molar-refractivity contribution in [2.24, 2.45) is 0 Å². The van der Waals surface area contributed by atoms with Gasteiger partial charge in [-0.05, 0) is 128 Å². The maximum Gasteiger partial charge on any atom is 0.306 e. The first-order chi connectivity index (χ1) is 44.9. The smallest absolute Gasteiger partial charge is 0.306 e. The van der Waals surface area contributed by atoms with Gasteiger partial charge in [-0.1, -0.05) is 315 Å². The number of rotatable bonds is 67. The van der Waals surface area contributed by atoms with Crippen LogP contribution in [-0.2, 0) is 27.9 Å². The molecule has 0 aromatic heterocycles. The minimum Gasteiger partial charge on any atom is -0.756 e. The van der Waals surface area contributed by atoms with Crippen molar-refractivity contribution in [1.82, 2.24) is 5.32 Å². The zero-order valence-corrected chi connectivity index (χ0v) is 61.1. The van der Waals surface area contributed by atoms with Crippen LogP contribution in [0.2, 0.25) is 0 Å². The van der Waals surface area contributed by atoms with Crippen LogP contribution in [0.4, 0.5) is 0 Å². The third-order valence-electron chi connectivity index (χ3n) is 16.0. The Morgan fingerprint density at radius 1 is 0.391 bits per heavy atom. The number of carbonyl (C=O) groups is 2. The van der Waals surface area contributed by atoms with Gasteiger partial charge in [0.2, 0.25) is 5.91 Å². The van der Waals surface area contributed by atoms with Crippen LogP contribution in [0.3, 0.4) is 0 Å². The Bertz CT molecular complexity index is 2090. The lowest BCUT2D eigenvalue weighted by atomic mass is 10.0. The quantitative estimate of drug-likeness (QED) is 0.0212. The molecule has 9 nitrogen and oxygen atoms in total. The highest BCUT2D eigenvalue weighted by Gasteiger charge is 2.27. The highest BCUT2D eigenvalue weighted by molar-refractivity contribution is 7.45. The van der Waals surface area contributed by atoms with E-state index >= 15 is 0 Å². The molecule has 10 heteroatoms. The van der Waals surface area contributed by atoms with E-state index in [9.17, 15) is 19.0 Å². The van der Waals surface area contributed by atoms with Gasteiger partial charge in [0.25, 0.3) is 7.82 Å². The number of hydrogen-bond acceptors (Lipinski definition) is 7. The number of ether oxygens (including phenoxy) is 1. The van der Waals surface area contributed by atoms with Crippen molar-refractivity contribution in [3.05, 3.63) is 146 Å². The van der Waals surface area contributed by atoms with Crippen molar-refractivity contribution in [2.75, 3.05) is 40.9 Å². The van der Waals surface area contributed by atoms with Crippen molar-refractivity contribution >= 4 is 19.7 Å². The Balaban J connectivity index is 5.04. The number of likely N-dealkylation sites (N-methyl/N-ethyl adjacent to an activating group) is 1. The van der Waals surface area contributed by atoms with E-state index in [1.54, 1.807) is 0 Å². The maximum absolute atomic E-state index is 13.6. The van der Waals surface area contributed by atoms with Gasteiger partial charge in [0, 0.05) is 12.8 Å². The van der Waals surface area contributed by atoms with Gasteiger partial charge < -0.3 is 28.5 Å². The lowest BCUT2D eigenvalue weighted by Crippen LogP contribution is -2.47. The summed E-state index contributed by atoms with van der Waals surface area (Å²) < 4.78 is 30.5. The van der Waals surface area contributed by atoms with Gasteiger partial charge in [-0.3, -0.25) is 14.2 Å². The van der Waals surface area contributed by atoms with E-state index in [2.05, 4.69) is 160 Å². The van der Waals surface area contributed by atoms with E-state index in [4.69, 9.17) is 13.8 Å². The molecule has 0 aromatic rings. The largest absolute Gasteiger partial charge is 0.756 e. The number of allylic oxidation sites excluding steroid dienone is 23. The molecule has 526 valence electrons. The summed E-state index contributed by atoms with van der Waals surface area (Å²) in [4.78, 5) is 40.3. The molecule has 0 radical (unpaired) electrons. The number of nitrogens with zero attached hydrogens (tertiary/aromatic N) is 1. The average Bonchev–Trinajstić information content (AvgIpc) is 3.72. The van der Waals surface area contributed by atoms with Crippen molar-refractivity contribution in [3.63, 3.8) is 0 Å². The predicted molar refractivity (Wildman–Crippen MR) is 399 cm³/mol. The van der Waals surface area contributed by atoms with Crippen LogP contribution < -0.4 is 10.2 Å². The van der Waals surface area contributed by atoms with Gasteiger partial charge in [0.15, 0.2) is 0 Å². The molecule has 3 atom stereocenters. The molecule has 0 heterocycles. The number of amides is 1. The summed E-state index contributed by atoms with van der Waals surface area (Å²) in [6.07, 6.45) is 101. The number of unbranched alkanes of at least 4 members (excludes halogenated alkanes) is 29. The summed E-state index contributed by atoms with van der Waals surface area (Å²) in [5.41, 5.74) is 0. The summed E-state index contributed by atoms with van der Waals surface area (Å²) in [5.74, 6) is -0.557. The number of quaternary nitrogens is 1. The second kappa shape index (κ2) is 69.7. The van der Waals surface area contributed by atoms with Gasteiger partial charge in [-0.15, -0.1) is 0 Å². The lowest BCUT2D eigenvalue weighted by Gasteiger charge is -2.30. The summed E-state index contributed by atoms with van der Waals surface area (Å²) >= 11 is 0. The number of esters is 1. The third kappa shape index (κ3) is 70.2. The lowest BCUT2D eigenvalue weighted by molar-refractivity contribution is -0.870. The van der Waals surface area contributed by atoms with Gasteiger partial charge in [-0.2, -0.15) is 0 Å². The van der Waals surface area contributed by atoms with E-state index in [0.29, 0.717) is 23.9 Å². The molecular formula is C82H141N2O7P. The van der Waals surface area contributed by atoms with Crippen LogP contribution in [0, 0.1) is 0 Å². The van der Waals surface area contributed by atoms with Gasteiger partial charge in [0.05, 0.1) is 33.8 Å². The van der Waals surface area contributed by atoms with Crippen LogP contribution in [0.15, 0.2) is 146 Å². The molecule has 0 fully saturated rings. The fraction of sp³-hybridized carbons (Fsp3) is 0.683. The van der Waals surface area contributed by atoms with Gasteiger partial charge in [0.1, 0.15) is 19.3 Å². The van der Waals surface area contributed by atoms with E-state index < -0.39 is 26.6 Å². The zero-order valence-electron chi connectivity index (χ0n) is 60.2. The summed E-state index contributed by atoms with van der Waals surface area (Å²) in [5, 5.41) is 3.04. The maximum atomic E-state index is 13.6. The Morgan fingerprint density at radius 2 is 0.696 bits per heavy atom. The summed E-state index contributed by atoms with van der Waals surface area (Å²) in [7, 11) is 1.16. The first-order valence-electron chi connectivity index (χ1n) is 37.6. The van der Waals surface area contributed by atoms with Crippen molar-refractivity contribution in [3.8, 4) is 0 Å². The topological polar surface area (TPSA) is 114 Å². The van der Waals surface area contributed by atoms with E-state index in [1.807, 2.05) is 33.3 Å². The second-order valence-electron chi connectivity index (χ2n) is 26.0. The highest BCUT2D eigenvalue weighted by atomic mass is 31.2. The standard InChI is InChI=1S/C82H141N2O7P/c1-7-10-13-16-19-22-25-28-30-32-34-36-38-40-42-44-46-48-50-52-54-56-59-62-65-68-71-74-81(85)83-79(78-90-92(87,88)89-77-76-84(4,5)6)80(73-70-67-64-61-58-27-24-21-18-15-12-9-3)91-82(86)75-72-69-66-63-60-57-55-53-51-49-47-45-43-41-39-37-35-33-31-29-26-23-20-17-14-11-8-2/h10-11,13-14,19-20,22-23,28-31,34-37,40-43,47,49,70,73,79-80H,7-9,12,15-18,21,24-27,32-33,38-39,44-46,48,50-69,71-72,74-78H2,1-6H3,(H-,83,85,87,88)/b13-10-,14-11-,22-19-,23-20-,30-28-,31-29-,36-34-,37-35-,42-40-,43-41-,49-47-,73-70+. The highest BCUT2D eigenvalue weighted by Crippen LogP contribution is 2.38. The molecule has 0 spiro atoms. The second-order valence-corrected chi connectivity index (χ2v) is 27.4. The minimum absolute atomic E-state index is 0.0312. The van der Waals surface area contributed by atoms with Crippen molar-refractivity contribution in [2.45, 2.75) is 322 Å².